The normalized spacial score (nSPS) is 10.4. The third-order valence-electron chi connectivity index (χ3n) is 3.03. The van der Waals surface area contributed by atoms with E-state index in [2.05, 4.69) is 23.3 Å². The summed E-state index contributed by atoms with van der Waals surface area (Å²) in [5, 5.41) is 3.31. The largest absolute Gasteiger partial charge is 0.490 e. The molecule has 0 aliphatic rings. The van der Waals surface area contributed by atoms with Crippen molar-refractivity contribution >= 4 is 0 Å². The second kappa shape index (κ2) is 8.27. The Balaban J connectivity index is 2.06. The second-order valence-corrected chi connectivity index (χ2v) is 4.64. The zero-order chi connectivity index (χ0) is 14.9. The molecule has 0 saturated carbocycles. The van der Waals surface area contributed by atoms with E-state index in [1.54, 1.807) is 12.4 Å². The molecule has 0 atom stereocenters. The van der Waals surface area contributed by atoms with Crippen molar-refractivity contribution in [1.29, 1.82) is 0 Å². The minimum atomic E-state index is 0.509. The van der Waals surface area contributed by atoms with Crippen LogP contribution in [0.25, 0.3) is 0 Å². The van der Waals surface area contributed by atoms with Gasteiger partial charge in [0.15, 0.2) is 11.5 Å². The molecule has 1 aromatic heterocycles. The van der Waals surface area contributed by atoms with Crippen molar-refractivity contribution in [2.24, 2.45) is 0 Å². The maximum atomic E-state index is 5.86. The van der Waals surface area contributed by atoms with Crippen molar-refractivity contribution < 1.29 is 9.47 Å². The van der Waals surface area contributed by atoms with E-state index in [1.165, 1.54) is 5.56 Å². The predicted octanol–water partition coefficient (Wildman–Crippen LogP) is 3.17. The lowest BCUT2D eigenvalue weighted by atomic mass is 10.2. The van der Waals surface area contributed by atoms with Crippen LogP contribution in [-0.2, 0) is 13.2 Å². The lowest BCUT2D eigenvalue weighted by Gasteiger charge is -2.13. The van der Waals surface area contributed by atoms with Crippen LogP contribution in [0, 0.1) is 0 Å². The van der Waals surface area contributed by atoms with Gasteiger partial charge in [-0.15, -0.1) is 0 Å². The first-order chi connectivity index (χ1) is 10.3. The maximum Gasteiger partial charge on any atom is 0.161 e. The Labute approximate surface area is 126 Å². The van der Waals surface area contributed by atoms with Crippen LogP contribution in [0.1, 0.15) is 25.0 Å². The smallest absolute Gasteiger partial charge is 0.161 e. The van der Waals surface area contributed by atoms with Crippen molar-refractivity contribution in [3.8, 4) is 11.5 Å². The van der Waals surface area contributed by atoms with E-state index >= 15 is 0 Å². The highest BCUT2D eigenvalue weighted by atomic mass is 16.5. The number of ether oxygens (including phenoxy) is 2. The number of aromatic nitrogens is 1. The summed E-state index contributed by atoms with van der Waals surface area (Å²) in [5.74, 6) is 1.57. The van der Waals surface area contributed by atoms with Crippen LogP contribution < -0.4 is 14.8 Å². The van der Waals surface area contributed by atoms with Gasteiger partial charge in [0, 0.05) is 18.9 Å². The highest BCUT2D eigenvalue weighted by Gasteiger charge is 2.07. The third-order valence-corrected chi connectivity index (χ3v) is 3.03. The molecule has 0 unspecified atom stereocenters. The van der Waals surface area contributed by atoms with Crippen LogP contribution in [0.2, 0.25) is 0 Å². The quantitative estimate of drug-likeness (QED) is 0.809. The fourth-order valence-electron chi connectivity index (χ4n) is 1.96. The molecule has 0 saturated heterocycles. The molecule has 0 fully saturated rings. The van der Waals surface area contributed by atoms with Gasteiger partial charge in [-0.05, 0) is 48.9 Å². The second-order valence-electron chi connectivity index (χ2n) is 4.64. The molecule has 4 heteroatoms. The van der Waals surface area contributed by atoms with Crippen LogP contribution in [0.4, 0.5) is 0 Å². The van der Waals surface area contributed by atoms with E-state index in [9.17, 15) is 0 Å². The number of nitrogens with zero attached hydrogens (tertiary/aromatic N) is 1. The summed E-state index contributed by atoms with van der Waals surface area (Å²) in [4.78, 5) is 4.00. The summed E-state index contributed by atoms with van der Waals surface area (Å²) < 4.78 is 11.5. The van der Waals surface area contributed by atoms with Gasteiger partial charge >= 0.3 is 0 Å². The minimum absolute atomic E-state index is 0.509. The number of nitrogens with one attached hydrogen (secondary N) is 1. The third kappa shape index (κ3) is 4.76. The molecule has 1 aromatic carbocycles. The molecule has 0 radical (unpaired) electrons. The molecule has 112 valence electrons. The molecule has 0 aliphatic heterocycles. The van der Waals surface area contributed by atoms with Crippen molar-refractivity contribution in [1.82, 2.24) is 10.3 Å². The molecule has 2 aromatic rings. The van der Waals surface area contributed by atoms with Crippen LogP contribution in [0.3, 0.4) is 0 Å². The summed E-state index contributed by atoms with van der Waals surface area (Å²) >= 11 is 0. The van der Waals surface area contributed by atoms with Crippen molar-refractivity contribution in [3.63, 3.8) is 0 Å². The first kappa shape index (κ1) is 15.3. The van der Waals surface area contributed by atoms with Crippen molar-refractivity contribution in [2.45, 2.75) is 27.0 Å². The van der Waals surface area contributed by atoms with Gasteiger partial charge in [0.1, 0.15) is 6.61 Å². The van der Waals surface area contributed by atoms with Crippen LogP contribution >= 0.6 is 0 Å². The fourth-order valence-corrected chi connectivity index (χ4v) is 1.96. The Morgan fingerprint density at radius 3 is 2.48 bits per heavy atom. The van der Waals surface area contributed by atoms with Gasteiger partial charge in [-0.25, -0.2) is 0 Å². The predicted molar refractivity (Wildman–Crippen MR) is 83.6 cm³/mol. The zero-order valence-electron chi connectivity index (χ0n) is 12.6. The molecule has 0 amide bonds. The molecule has 1 N–H and O–H groups in total. The molecular formula is C17H22N2O2. The molecule has 2 rings (SSSR count). The van der Waals surface area contributed by atoms with Gasteiger partial charge in [-0.3, -0.25) is 4.98 Å². The average Bonchev–Trinajstić information content (AvgIpc) is 2.53. The highest BCUT2D eigenvalue weighted by Crippen LogP contribution is 2.29. The lowest BCUT2D eigenvalue weighted by molar-refractivity contribution is 0.269. The number of benzene rings is 1. The van der Waals surface area contributed by atoms with Crippen LogP contribution in [-0.4, -0.2) is 18.1 Å². The average molecular weight is 286 g/mol. The fraction of sp³-hybridized carbons (Fsp3) is 0.353. The van der Waals surface area contributed by atoms with Gasteiger partial charge in [0.25, 0.3) is 0 Å². The Bertz CT molecular complexity index is 544. The SMILES string of the molecule is CCNCc1ccc(OCc2ccncc2)c(OCC)c1. The number of hydrogen-bond acceptors (Lipinski definition) is 4. The maximum absolute atomic E-state index is 5.86. The summed E-state index contributed by atoms with van der Waals surface area (Å²) in [6.07, 6.45) is 3.53. The van der Waals surface area contributed by atoms with Gasteiger partial charge in [-0.2, -0.15) is 0 Å². The summed E-state index contributed by atoms with van der Waals surface area (Å²) in [6.45, 7) is 6.98. The monoisotopic (exact) mass is 286 g/mol. The first-order valence-corrected chi connectivity index (χ1v) is 7.31. The molecule has 0 spiro atoms. The van der Waals surface area contributed by atoms with Crippen molar-refractivity contribution in [2.75, 3.05) is 13.2 Å². The van der Waals surface area contributed by atoms with E-state index < -0.39 is 0 Å². The first-order valence-electron chi connectivity index (χ1n) is 7.31. The van der Waals surface area contributed by atoms with Crippen LogP contribution in [0.5, 0.6) is 11.5 Å². The number of hydrogen-bond donors (Lipinski definition) is 1. The Morgan fingerprint density at radius 2 is 1.76 bits per heavy atom. The van der Waals surface area contributed by atoms with Crippen molar-refractivity contribution in [3.05, 3.63) is 53.9 Å². The Kier molecular flexibility index (Phi) is 6.03. The molecule has 4 nitrogen and oxygen atoms in total. The number of rotatable bonds is 8. The van der Waals surface area contributed by atoms with E-state index in [4.69, 9.17) is 9.47 Å². The molecule has 0 aliphatic carbocycles. The van der Waals surface area contributed by atoms with E-state index in [0.717, 1.165) is 30.2 Å². The van der Waals surface area contributed by atoms with Gasteiger partial charge < -0.3 is 14.8 Å². The number of pyridine rings is 1. The lowest BCUT2D eigenvalue weighted by Crippen LogP contribution is -2.12. The molecular weight excluding hydrogens is 264 g/mol. The topological polar surface area (TPSA) is 43.4 Å². The van der Waals surface area contributed by atoms with Gasteiger partial charge in [-0.1, -0.05) is 13.0 Å². The molecule has 0 bridgehead atoms. The van der Waals surface area contributed by atoms with E-state index in [0.29, 0.717) is 13.2 Å². The Hall–Kier alpha value is -2.07. The standard InChI is InChI=1S/C17H22N2O2/c1-3-18-12-15-5-6-16(17(11-15)20-4-2)21-13-14-7-9-19-10-8-14/h5-11,18H,3-4,12-13H2,1-2H3. The molecule has 1 heterocycles. The molecule has 21 heavy (non-hydrogen) atoms. The van der Waals surface area contributed by atoms with E-state index in [-0.39, 0.29) is 0 Å². The van der Waals surface area contributed by atoms with E-state index in [1.807, 2.05) is 31.2 Å². The van der Waals surface area contributed by atoms with Gasteiger partial charge in [0.05, 0.1) is 6.61 Å². The Morgan fingerprint density at radius 1 is 0.952 bits per heavy atom. The van der Waals surface area contributed by atoms with Gasteiger partial charge in [0.2, 0.25) is 0 Å². The highest BCUT2D eigenvalue weighted by molar-refractivity contribution is 5.43. The van der Waals surface area contributed by atoms with Crippen LogP contribution in [0.15, 0.2) is 42.7 Å². The zero-order valence-corrected chi connectivity index (χ0v) is 12.6. The summed E-state index contributed by atoms with van der Waals surface area (Å²) in [6, 6.07) is 9.96. The summed E-state index contributed by atoms with van der Waals surface area (Å²) in [5.41, 5.74) is 2.28. The summed E-state index contributed by atoms with van der Waals surface area (Å²) in [7, 11) is 0. The minimum Gasteiger partial charge on any atom is -0.490 e.